The van der Waals surface area contributed by atoms with Crippen LogP contribution in [-0.2, 0) is 4.79 Å². The number of nitrogens with zero attached hydrogens (tertiary/aromatic N) is 2. The van der Waals surface area contributed by atoms with Crippen LogP contribution in [0.25, 0.3) is 6.08 Å². The molecular formula is C25H28N2OS2. The average Bonchev–Trinajstić information content (AvgIpc) is 2.95. The summed E-state index contributed by atoms with van der Waals surface area (Å²) in [5.74, 6) is 0.420. The predicted molar refractivity (Wildman–Crippen MR) is 133 cm³/mol. The van der Waals surface area contributed by atoms with Crippen LogP contribution in [0.1, 0.15) is 58.1 Å². The second-order valence-corrected chi connectivity index (χ2v) is 10.7. The molecule has 0 saturated carbocycles. The van der Waals surface area contributed by atoms with Crippen LogP contribution < -0.4 is 9.80 Å². The fourth-order valence-electron chi connectivity index (χ4n) is 4.96. The van der Waals surface area contributed by atoms with Crippen molar-refractivity contribution in [1.29, 1.82) is 0 Å². The van der Waals surface area contributed by atoms with Crippen LogP contribution in [0.4, 0.5) is 11.4 Å². The van der Waals surface area contributed by atoms with Crippen molar-refractivity contribution < 1.29 is 4.79 Å². The van der Waals surface area contributed by atoms with Crippen LogP contribution >= 0.6 is 24.0 Å². The molecule has 0 aromatic heterocycles. The topological polar surface area (TPSA) is 23.6 Å². The Balaban J connectivity index is 1.68. The highest BCUT2D eigenvalue weighted by Crippen LogP contribution is 2.45. The van der Waals surface area contributed by atoms with E-state index in [0.29, 0.717) is 21.2 Å². The first-order chi connectivity index (χ1) is 14.2. The van der Waals surface area contributed by atoms with Gasteiger partial charge in [0.1, 0.15) is 0 Å². The van der Waals surface area contributed by atoms with E-state index in [1.54, 1.807) is 4.90 Å². The van der Waals surface area contributed by atoms with E-state index < -0.39 is 0 Å². The van der Waals surface area contributed by atoms with E-state index in [2.05, 4.69) is 57.7 Å². The molecule has 5 heteroatoms. The molecule has 0 bridgehead atoms. The predicted octanol–water partition coefficient (Wildman–Crippen LogP) is 6.59. The molecule has 1 unspecified atom stereocenters. The number of thiocarbonyl (C=S) groups is 1. The van der Waals surface area contributed by atoms with Gasteiger partial charge in [-0.3, -0.25) is 9.69 Å². The standard InChI is InChI=1S/C25H28N2OS2/c1-16(2)27-21-12-11-18(13-20(21)17(3)15-25(27,4)5)14-22-23(28)26(24(29)30-22)19-9-7-6-8-10-19/h6-14,16-17H,15H2,1-5H3/b22-14-. The molecule has 0 aliphatic carbocycles. The van der Waals surface area contributed by atoms with Crippen molar-refractivity contribution in [3.05, 3.63) is 64.6 Å². The van der Waals surface area contributed by atoms with Crippen LogP contribution in [0.5, 0.6) is 0 Å². The molecule has 2 aliphatic heterocycles. The van der Waals surface area contributed by atoms with Gasteiger partial charge in [0.05, 0.1) is 10.6 Å². The third kappa shape index (κ3) is 3.69. The van der Waals surface area contributed by atoms with Gasteiger partial charge in [-0.25, -0.2) is 0 Å². The summed E-state index contributed by atoms with van der Waals surface area (Å²) in [7, 11) is 0. The van der Waals surface area contributed by atoms with Crippen molar-refractivity contribution in [3.63, 3.8) is 0 Å². The highest BCUT2D eigenvalue weighted by molar-refractivity contribution is 8.27. The number of amides is 1. The third-order valence-electron chi connectivity index (χ3n) is 5.92. The van der Waals surface area contributed by atoms with Crippen LogP contribution in [0.3, 0.4) is 0 Å². The quantitative estimate of drug-likeness (QED) is 0.400. The van der Waals surface area contributed by atoms with Gasteiger partial charge in [-0.2, -0.15) is 0 Å². The lowest BCUT2D eigenvalue weighted by atomic mass is 9.79. The van der Waals surface area contributed by atoms with Crippen molar-refractivity contribution in [2.75, 3.05) is 9.80 Å². The lowest BCUT2D eigenvalue weighted by Gasteiger charge is -2.50. The van der Waals surface area contributed by atoms with Crippen LogP contribution in [0.2, 0.25) is 0 Å². The second kappa shape index (κ2) is 7.86. The summed E-state index contributed by atoms with van der Waals surface area (Å²) in [6, 6.07) is 16.6. The number of anilines is 2. The Hall–Kier alpha value is -2.11. The zero-order chi connectivity index (χ0) is 21.6. The molecule has 30 heavy (non-hydrogen) atoms. The van der Waals surface area contributed by atoms with E-state index in [1.807, 2.05) is 36.4 Å². The lowest BCUT2D eigenvalue weighted by molar-refractivity contribution is -0.113. The van der Waals surface area contributed by atoms with Gasteiger partial charge >= 0.3 is 0 Å². The van der Waals surface area contributed by atoms with Gasteiger partial charge in [-0.15, -0.1) is 0 Å². The second-order valence-electron chi connectivity index (χ2n) is 9.05. The Morgan fingerprint density at radius 1 is 1.17 bits per heavy atom. The SMILES string of the molecule is CC1CC(C)(C)N(C(C)C)c2ccc(/C=C3\SC(=S)N(c4ccccc4)C3=O)cc21. The Kier molecular flexibility index (Phi) is 5.54. The number of carbonyl (C=O) groups excluding carboxylic acids is 1. The Labute approximate surface area is 189 Å². The number of hydrogen-bond acceptors (Lipinski definition) is 4. The monoisotopic (exact) mass is 436 g/mol. The molecule has 2 aromatic rings. The van der Waals surface area contributed by atoms with E-state index in [1.165, 1.54) is 23.0 Å². The summed E-state index contributed by atoms with van der Waals surface area (Å²) in [4.78, 5) is 17.9. The Morgan fingerprint density at radius 3 is 2.53 bits per heavy atom. The van der Waals surface area contributed by atoms with E-state index in [0.717, 1.165) is 17.7 Å². The van der Waals surface area contributed by atoms with Crippen molar-refractivity contribution in [3.8, 4) is 0 Å². The molecular weight excluding hydrogens is 408 g/mol. The lowest BCUT2D eigenvalue weighted by Crippen LogP contribution is -2.51. The van der Waals surface area contributed by atoms with Gasteiger partial charge in [-0.1, -0.05) is 55.2 Å². The molecule has 4 rings (SSSR count). The van der Waals surface area contributed by atoms with Crippen molar-refractivity contribution in [2.24, 2.45) is 0 Å². The van der Waals surface area contributed by atoms with Gasteiger partial charge in [-0.05, 0) is 81.5 Å². The van der Waals surface area contributed by atoms with Gasteiger partial charge in [0.25, 0.3) is 5.91 Å². The largest absolute Gasteiger partial charge is 0.364 e. The van der Waals surface area contributed by atoms with Crippen LogP contribution in [0, 0.1) is 0 Å². The van der Waals surface area contributed by atoms with Gasteiger partial charge in [0.2, 0.25) is 0 Å². The maximum atomic E-state index is 13.0. The molecule has 2 aromatic carbocycles. The van der Waals surface area contributed by atoms with Crippen LogP contribution in [0.15, 0.2) is 53.4 Å². The molecule has 1 saturated heterocycles. The summed E-state index contributed by atoms with van der Waals surface area (Å²) in [6.07, 6.45) is 3.09. The molecule has 156 valence electrons. The first kappa shape index (κ1) is 21.1. The zero-order valence-corrected chi connectivity index (χ0v) is 19.8. The zero-order valence-electron chi connectivity index (χ0n) is 18.2. The summed E-state index contributed by atoms with van der Waals surface area (Å²) >= 11 is 6.87. The Morgan fingerprint density at radius 2 is 1.87 bits per heavy atom. The molecule has 3 nitrogen and oxygen atoms in total. The maximum Gasteiger partial charge on any atom is 0.270 e. The minimum atomic E-state index is -0.0492. The number of fused-ring (bicyclic) bond motifs is 1. The summed E-state index contributed by atoms with van der Waals surface area (Å²) in [5, 5.41) is 0. The highest BCUT2D eigenvalue weighted by Gasteiger charge is 2.38. The fraction of sp³-hybridized carbons (Fsp3) is 0.360. The smallest absolute Gasteiger partial charge is 0.270 e. The van der Waals surface area contributed by atoms with Gasteiger partial charge in [0, 0.05) is 17.3 Å². The number of para-hydroxylation sites is 1. The normalized spacial score (nSPS) is 22.2. The minimum Gasteiger partial charge on any atom is -0.364 e. The summed E-state index contributed by atoms with van der Waals surface area (Å²) in [5.41, 5.74) is 4.66. The van der Waals surface area contributed by atoms with Crippen molar-refractivity contribution >= 4 is 51.7 Å². The third-order valence-corrected chi connectivity index (χ3v) is 7.22. The molecule has 2 aliphatic rings. The fourth-order valence-corrected chi connectivity index (χ4v) is 6.26. The highest BCUT2D eigenvalue weighted by atomic mass is 32.2. The number of hydrogen-bond donors (Lipinski definition) is 0. The number of thioether (sulfide) groups is 1. The minimum absolute atomic E-state index is 0.0492. The van der Waals surface area contributed by atoms with E-state index >= 15 is 0 Å². The maximum absolute atomic E-state index is 13.0. The molecule has 1 atom stereocenters. The first-order valence-corrected chi connectivity index (χ1v) is 11.7. The van der Waals surface area contributed by atoms with E-state index in [-0.39, 0.29) is 11.4 Å². The molecule has 1 amide bonds. The van der Waals surface area contributed by atoms with Crippen molar-refractivity contribution in [2.45, 2.75) is 58.5 Å². The van der Waals surface area contributed by atoms with Gasteiger partial charge < -0.3 is 4.90 Å². The van der Waals surface area contributed by atoms with Crippen LogP contribution in [-0.4, -0.2) is 21.8 Å². The van der Waals surface area contributed by atoms with Crippen molar-refractivity contribution in [1.82, 2.24) is 0 Å². The summed E-state index contributed by atoms with van der Waals surface area (Å²) < 4.78 is 0.580. The Bertz CT molecular complexity index is 1030. The first-order valence-electron chi connectivity index (χ1n) is 10.5. The number of rotatable bonds is 3. The molecule has 0 radical (unpaired) electrons. The number of benzene rings is 2. The van der Waals surface area contributed by atoms with E-state index in [4.69, 9.17) is 12.2 Å². The number of carbonyl (C=O) groups is 1. The average molecular weight is 437 g/mol. The van der Waals surface area contributed by atoms with E-state index in [9.17, 15) is 4.79 Å². The summed E-state index contributed by atoms with van der Waals surface area (Å²) in [6.45, 7) is 11.5. The molecule has 0 spiro atoms. The molecule has 1 fully saturated rings. The molecule has 2 heterocycles. The molecule has 0 N–H and O–H groups in total. The van der Waals surface area contributed by atoms with Gasteiger partial charge in [0.15, 0.2) is 4.32 Å².